The summed E-state index contributed by atoms with van der Waals surface area (Å²) in [5, 5.41) is 23.2. The summed E-state index contributed by atoms with van der Waals surface area (Å²) in [6, 6.07) is 18.6. The number of aromatic nitrogens is 1. The van der Waals surface area contributed by atoms with Crippen LogP contribution in [0, 0.1) is 6.92 Å². The van der Waals surface area contributed by atoms with Crippen molar-refractivity contribution in [1.82, 2.24) is 4.98 Å². The minimum atomic E-state index is -0.974. The number of amides is 1. The van der Waals surface area contributed by atoms with Gasteiger partial charge in [-0.1, -0.05) is 48.0 Å². The number of carboxylic acid groups (broad SMARTS) is 1. The van der Waals surface area contributed by atoms with Crippen LogP contribution >= 0.6 is 11.6 Å². The molecule has 6 rings (SSSR count). The number of benzene rings is 3. The summed E-state index contributed by atoms with van der Waals surface area (Å²) in [5.74, 6) is -1.06. The summed E-state index contributed by atoms with van der Waals surface area (Å²) >= 11 is 6.65. The number of nitrogens with zero attached hydrogens (tertiary/aromatic N) is 1. The van der Waals surface area contributed by atoms with Crippen molar-refractivity contribution in [3.8, 4) is 28.0 Å². The fraction of sp³-hybridized carbons (Fsp3) is 0.138. The van der Waals surface area contributed by atoms with Gasteiger partial charge in [-0.05, 0) is 65.4 Å². The smallest absolute Gasteiger partial charge is 0.335 e. The third kappa shape index (κ3) is 3.29. The van der Waals surface area contributed by atoms with E-state index in [0.717, 1.165) is 27.8 Å². The molecule has 2 unspecified atom stereocenters. The molecular weight excluding hydrogens is 476 g/mol. The molecule has 3 aromatic carbocycles. The number of rotatable bonds is 4. The van der Waals surface area contributed by atoms with E-state index < -0.39 is 11.4 Å². The largest absolute Gasteiger partial charge is 0.506 e. The SMILES string of the molecule is Cc1ccc(C2CC23C(=O)Nc2cc(Cl)c(-c4ccc(-c5ccncc5O)cc4)cc23)cc1C(=O)O. The van der Waals surface area contributed by atoms with Gasteiger partial charge in [0.1, 0.15) is 5.75 Å². The molecule has 3 N–H and O–H groups in total. The molecule has 1 aliphatic carbocycles. The van der Waals surface area contributed by atoms with Gasteiger partial charge in [0.2, 0.25) is 5.91 Å². The van der Waals surface area contributed by atoms with E-state index in [0.29, 0.717) is 28.3 Å². The predicted octanol–water partition coefficient (Wildman–Crippen LogP) is 6.16. The molecule has 4 aromatic rings. The van der Waals surface area contributed by atoms with Crippen molar-refractivity contribution in [2.45, 2.75) is 24.7 Å². The van der Waals surface area contributed by atoms with Crippen LogP contribution in [-0.2, 0) is 10.2 Å². The zero-order valence-electron chi connectivity index (χ0n) is 19.2. The second kappa shape index (κ2) is 7.93. The molecule has 2 atom stereocenters. The van der Waals surface area contributed by atoms with E-state index in [4.69, 9.17) is 11.6 Å². The normalized spacial score (nSPS) is 19.7. The number of carboxylic acids is 1. The molecule has 1 aromatic heterocycles. The number of halogens is 1. The zero-order chi connectivity index (χ0) is 25.2. The maximum Gasteiger partial charge on any atom is 0.335 e. The minimum absolute atomic E-state index is 0.0864. The van der Waals surface area contributed by atoms with Crippen molar-refractivity contribution in [3.63, 3.8) is 0 Å². The lowest BCUT2D eigenvalue weighted by atomic mass is 9.89. The molecule has 178 valence electrons. The van der Waals surface area contributed by atoms with Gasteiger partial charge in [-0.15, -0.1) is 0 Å². The molecule has 7 heteroatoms. The molecule has 1 fully saturated rings. The van der Waals surface area contributed by atoms with Crippen molar-refractivity contribution in [2.24, 2.45) is 0 Å². The van der Waals surface area contributed by atoms with Gasteiger partial charge in [0, 0.05) is 28.9 Å². The number of anilines is 1. The van der Waals surface area contributed by atoms with Gasteiger partial charge in [-0.2, -0.15) is 0 Å². The van der Waals surface area contributed by atoms with Crippen molar-refractivity contribution < 1.29 is 19.8 Å². The highest BCUT2D eigenvalue weighted by Crippen LogP contribution is 2.65. The van der Waals surface area contributed by atoms with E-state index in [2.05, 4.69) is 10.3 Å². The van der Waals surface area contributed by atoms with Crippen LogP contribution < -0.4 is 5.32 Å². The molecule has 1 saturated carbocycles. The number of aromatic hydroxyl groups is 1. The van der Waals surface area contributed by atoms with Crippen LogP contribution in [-0.4, -0.2) is 27.1 Å². The number of aromatic carboxylic acids is 1. The Balaban J connectivity index is 1.38. The predicted molar refractivity (Wildman–Crippen MR) is 138 cm³/mol. The quantitative estimate of drug-likeness (QED) is 0.314. The van der Waals surface area contributed by atoms with E-state index in [1.54, 1.807) is 37.4 Å². The van der Waals surface area contributed by atoms with Gasteiger partial charge < -0.3 is 15.5 Å². The van der Waals surface area contributed by atoms with Gasteiger partial charge in [0.25, 0.3) is 0 Å². The summed E-state index contributed by atoms with van der Waals surface area (Å²) in [7, 11) is 0. The third-order valence-electron chi connectivity index (χ3n) is 7.40. The van der Waals surface area contributed by atoms with Crippen LogP contribution in [0.1, 0.15) is 39.4 Å². The van der Waals surface area contributed by atoms with Crippen molar-refractivity contribution in [2.75, 3.05) is 5.32 Å². The van der Waals surface area contributed by atoms with Gasteiger partial charge >= 0.3 is 5.97 Å². The van der Waals surface area contributed by atoms with E-state index in [1.165, 1.54) is 6.20 Å². The number of carbonyl (C=O) groups excluding carboxylic acids is 1. The summed E-state index contributed by atoms with van der Waals surface area (Å²) in [6.45, 7) is 1.77. The lowest BCUT2D eigenvalue weighted by molar-refractivity contribution is -0.118. The number of hydrogen-bond acceptors (Lipinski definition) is 4. The second-order valence-electron chi connectivity index (χ2n) is 9.41. The van der Waals surface area contributed by atoms with Gasteiger partial charge in [-0.3, -0.25) is 9.78 Å². The molecule has 0 saturated heterocycles. The Morgan fingerprint density at radius 1 is 1.06 bits per heavy atom. The Labute approximate surface area is 212 Å². The molecule has 1 spiro atoms. The van der Waals surface area contributed by atoms with Gasteiger partial charge in [0.15, 0.2) is 0 Å². The van der Waals surface area contributed by atoms with Crippen LogP contribution in [0.4, 0.5) is 5.69 Å². The molecule has 2 aliphatic rings. The van der Waals surface area contributed by atoms with Crippen LogP contribution in [0.15, 0.2) is 73.1 Å². The maximum absolute atomic E-state index is 13.2. The molecule has 2 heterocycles. The standard InChI is InChI=1S/C29H21ClN2O4/c1-15-2-3-18(10-20(15)27(34)35)23-13-29(23)22-11-21(24(30)12-25(22)32-28(29)36)17-6-4-16(5-7-17)19-8-9-31-14-26(19)33/h2-12,14,23,33H,13H2,1H3,(H,32,36)(H,34,35). The maximum atomic E-state index is 13.2. The number of pyridine rings is 1. The third-order valence-corrected chi connectivity index (χ3v) is 7.72. The monoisotopic (exact) mass is 496 g/mol. The van der Waals surface area contributed by atoms with E-state index >= 15 is 0 Å². The van der Waals surface area contributed by atoms with Crippen LogP contribution in [0.2, 0.25) is 5.02 Å². The van der Waals surface area contributed by atoms with Crippen LogP contribution in [0.25, 0.3) is 22.3 Å². The Morgan fingerprint density at radius 2 is 1.78 bits per heavy atom. The number of aryl methyl sites for hydroxylation is 1. The topological polar surface area (TPSA) is 99.5 Å². The fourth-order valence-corrected chi connectivity index (χ4v) is 5.66. The molecule has 1 aliphatic heterocycles. The average molecular weight is 497 g/mol. The first-order valence-corrected chi connectivity index (χ1v) is 11.9. The molecule has 0 radical (unpaired) electrons. The summed E-state index contributed by atoms with van der Waals surface area (Å²) in [4.78, 5) is 28.8. The highest BCUT2D eigenvalue weighted by molar-refractivity contribution is 6.34. The van der Waals surface area contributed by atoms with Gasteiger partial charge in [-0.25, -0.2) is 4.79 Å². The first kappa shape index (κ1) is 22.3. The molecule has 36 heavy (non-hydrogen) atoms. The average Bonchev–Trinajstić information content (AvgIpc) is 3.55. The first-order chi connectivity index (χ1) is 17.3. The number of fused-ring (bicyclic) bond motifs is 2. The first-order valence-electron chi connectivity index (χ1n) is 11.5. The Hall–Kier alpha value is -4.16. The lowest BCUT2D eigenvalue weighted by Gasteiger charge is -2.13. The Morgan fingerprint density at radius 3 is 2.47 bits per heavy atom. The Bertz CT molecular complexity index is 1580. The number of carbonyl (C=O) groups is 2. The van der Waals surface area contributed by atoms with Crippen LogP contribution in [0.5, 0.6) is 5.75 Å². The number of nitrogens with one attached hydrogen (secondary N) is 1. The number of hydrogen-bond donors (Lipinski definition) is 3. The highest BCUT2D eigenvalue weighted by Gasteiger charge is 2.65. The molecular formula is C29H21ClN2O4. The minimum Gasteiger partial charge on any atom is -0.506 e. The second-order valence-corrected chi connectivity index (χ2v) is 9.82. The fourth-order valence-electron chi connectivity index (χ4n) is 5.38. The lowest BCUT2D eigenvalue weighted by Crippen LogP contribution is -2.21. The molecule has 1 amide bonds. The van der Waals surface area contributed by atoms with E-state index in [1.807, 2.05) is 36.4 Å². The summed E-state index contributed by atoms with van der Waals surface area (Å²) in [6.07, 6.45) is 3.64. The van der Waals surface area contributed by atoms with Crippen molar-refractivity contribution in [3.05, 3.63) is 100 Å². The zero-order valence-corrected chi connectivity index (χ0v) is 20.0. The van der Waals surface area contributed by atoms with E-state index in [-0.39, 0.29) is 23.1 Å². The molecule has 0 bridgehead atoms. The van der Waals surface area contributed by atoms with Crippen molar-refractivity contribution in [1.29, 1.82) is 0 Å². The van der Waals surface area contributed by atoms with E-state index in [9.17, 15) is 19.8 Å². The van der Waals surface area contributed by atoms with Gasteiger partial charge in [0.05, 0.1) is 22.2 Å². The highest BCUT2D eigenvalue weighted by atomic mass is 35.5. The molecule has 6 nitrogen and oxygen atoms in total. The van der Waals surface area contributed by atoms with Crippen LogP contribution in [0.3, 0.4) is 0 Å². The summed E-state index contributed by atoms with van der Waals surface area (Å²) < 4.78 is 0. The summed E-state index contributed by atoms with van der Waals surface area (Å²) in [5.41, 5.74) is 5.85. The Kier molecular flexibility index (Phi) is 4.92. The van der Waals surface area contributed by atoms with Crippen molar-refractivity contribution >= 4 is 29.2 Å².